The number of carbonyl (C=O) groups is 2. The number of carbonyl (C=O) groups excluding carboxylic acids is 2. The quantitative estimate of drug-likeness (QED) is 0.611. The summed E-state index contributed by atoms with van der Waals surface area (Å²) in [6.45, 7) is 3.00. The fraction of sp³-hybridized carbons (Fsp3) is 0.391. The molecule has 32 heavy (non-hydrogen) atoms. The Hall–Kier alpha value is -3.49. The van der Waals surface area contributed by atoms with Crippen molar-refractivity contribution in [3.8, 4) is 0 Å². The number of hydrogen-bond donors (Lipinski definition) is 1. The Morgan fingerprint density at radius 1 is 1.25 bits per heavy atom. The van der Waals surface area contributed by atoms with Crippen LogP contribution in [0.15, 0.2) is 41.1 Å². The highest BCUT2D eigenvalue weighted by Gasteiger charge is 2.36. The summed E-state index contributed by atoms with van der Waals surface area (Å²) in [5.74, 6) is -0.670. The first kappa shape index (κ1) is 21.7. The molecule has 0 radical (unpaired) electrons. The number of nitrogens with one attached hydrogen (secondary N) is 1. The summed E-state index contributed by atoms with van der Waals surface area (Å²) >= 11 is 0. The van der Waals surface area contributed by atoms with Crippen molar-refractivity contribution in [1.82, 2.24) is 25.2 Å². The summed E-state index contributed by atoms with van der Waals surface area (Å²) in [5, 5.41) is 11.3. The topological polar surface area (TPSA) is 93.3 Å². The van der Waals surface area contributed by atoms with Gasteiger partial charge in [-0.2, -0.15) is 5.10 Å². The molecule has 3 heterocycles. The minimum Gasteiger partial charge on any atom is -0.361 e. The van der Waals surface area contributed by atoms with Crippen molar-refractivity contribution in [2.45, 2.75) is 38.6 Å². The lowest BCUT2D eigenvalue weighted by Gasteiger charge is -2.30. The molecule has 1 aromatic carbocycles. The Kier molecular flexibility index (Phi) is 6.34. The van der Waals surface area contributed by atoms with Gasteiger partial charge in [0, 0.05) is 50.9 Å². The molecule has 9 heteroatoms. The van der Waals surface area contributed by atoms with Gasteiger partial charge >= 0.3 is 0 Å². The van der Waals surface area contributed by atoms with Gasteiger partial charge in [-0.1, -0.05) is 24.2 Å². The molecule has 4 rings (SSSR count). The second-order valence-electron chi connectivity index (χ2n) is 8.05. The first-order valence-electron chi connectivity index (χ1n) is 10.7. The Morgan fingerprint density at radius 3 is 2.78 bits per heavy atom. The van der Waals surface area contributed by atoms with E-state index in [2.05, 4.69) is 15.6 Å². The third-order valence-corrected chi connectivity index (χ3v) is 5.54. The van der Waals surface area contributed by atoms with Gasteiger partial charge in [-0.3, -0.25) is 14.3 Å². The van der Waals surface area contributed by atoms with Crippen LogP contribution in [0.5, 0.6) is 0 Å². The minimum absolute atomic E-state index is 0.198. The second kappa shape index (κ2) is 9.33. The monoisotopic (exact) mass is 439 g/mol. The highest BCUT2D eigenvalue weighted by atomic mass is 19.1. The van der Waals surface area contributed by atoms with Crippen LogP contribution in [0, 0.1) is 5.82 Å². The maximum Gasteiger partial charge on any atom is 0.276 e. The van der Waals surface area contributed by atoms with E-state index in [9.17, 15) is 14.0 Å². The van der Waals surface area contributed by atoms with Crippen LogP contribution in [0.3, 0.4) is 0 Å². The Labute approximate surface area is 185 Å². The van der Waals surface area contributed by atoms with Gasteiger partial charge in [-0.25, -0.2) is 4.39 Å². The van der Waals surface area contributed by atoms with Crippen molar-refractivity contribution in [2.75, 3.05) is 13.1 Å². The molecular weight excluding hydrogens is 413 g/mol. The lowest BCUT2D eigenvalue weighted by molar-refractivity contribution is -0.123. The van der Waals surface area contributed by atoms with E-state index in [1.807, 2.05) is 13.1 Å². The molecule has 0 saturated carbocycles. The molecule has 2 aromatic heterocycles. The summed E-state index contributed by atoms with van der Waals surface area (Å²) in [4.78, 5) is 27.7. The summed E-state index contributed by atoms with van der Waals surface area (Å²) in [6.07, 6.45) is 4.02. The number of nitrogens with zero attached hydrogens (tertiary/aromatic N) is 4. The highest BCUT2D eigenvalue weighted by Crippen LogP contribution is 2.28. The smallest absolute Gasteiger partial charge is 0.276 e. The average Bonchev–Trinajstić information content (AvgIpc) is 3.39. The molecular formula is C23H26FN5O3. The van der Waals surface area contributed by atoms with E-state index < -0.39 is 5.92 Å². The van der Waals surface area contributed by atoms with Crippen LogP contribution < -0.4 is 5.32 Å². The summed E-state index contributed by atoms with van der Waals surface area (Å²) in [5.41, 5.74) is 2.70. The molecule has 0 spiro atoms. The number of halogens is 1. The number of rotatable bonds is 7. The first-order chi connectivity index (χ1) is 15.4. The third kappa shape index (κ3) is 4.71. The molecule has 0 fully saturated rings. The molecule has 0 bridgehead atoms. The van der Waals surface area contributed by atoms with Crippen LogP contribution in [0.25, 0.3) is 0 Å². The van der Waals surface area contributed by atoms with Gasteiger partial charge in [0.15, 0.2) is 5.69 Å². The molecule has 8 nitrogen and oxygen atoms in total. The van der Waals surface area contributed by atoms with Crippen molar-refractivity contribution in [3.05, 3.63) is 70.6 Å². The lowest BCUT2D eigenvalue weighted by atomic mass is 9.95. The Balaban J connectivity index is 1.45. The number of benzene rings is 1. The van der Waals surface area contributed by atoms with Gasteiger partial charge < -0.3 is 14.7 Å². The molecule has 1 atom stereocenters. The zero-order valence-electron chi connectivity index (χ0n) is 18.2. The van der Waals surface area contributed by atoms with E-state index in [-0.39, 0.29) is 29.9 Å². The molecule has 1 aliphatic rings. The third-order valence-electron chi connectivity index (χ3n) is 5.54. The summed E-state index contributed by atoms with van der Waals surface area (Å²) < 4.78 is 20.0. The summed E-state index contributed by atoms with van der Waals surface area (Å²) in [6, 6.07) is 7.87. The number of aryl methyl sites for hydroxylation is 2. The van der Waals surface area contributed by atoms with Crippen molar-refractivity contribution in [1.29, 1.82) is 0 Å². The van der Waals surface area contributed by atoms with Crippen molar-refractivity contribution in [3.63, 3.8) is 0 Å². The largest absolute Gasteiger partial charge is 0.361 e. The second-order valence-corrected chi connectivity index (χ2v) is 8.05. The SMILES string of the molecule is CCCc1cc(C(=O)N2Cc3cn(C)nc3[C@H](C(=O)NCCc3ccc(F)cc3)C2)no1. The number of aromatic nitrogens is 3. The van der Waals surface area contributed by atoms with Gasteiger partial charge in [0.1, 0.15) is 11.6 Å². The molecule has 0 unspecified atom stereocenters. The minimum atomic E-state index is -0.584. The van der Waals surface area contributed by atoms with Crippen molar-refractivity contribution in [2.24, 2.45) is 7.05 Å². The molecule has 0 saturated heterocycles. The van der Waals surface area contributed by atoms with Crippen LogP contribution in [0.1, 0.15) is 52.3 Å². The van der Waals surface area contributed by atoms with E-state index in [0.717, 1.165) is 17.5 Å². The molecule has 3 aromatic rings. The predicted molar refractivity (Wildman–Crippen MR) is 114 cm³/mol. The van der Waals surface area contributed by atoms with Gasteiger partial charge in [0.05, 0.1) is 11.6 Å². The maximum atomic E-state index is 13.1. The number of hydrogen-bond acceptors (Lipinski definition) is 5. The van der Waals surface area contributed by atoms with Crippen LogP contribution in [-0.4, -0.2) is 44.7 Å². The van der Waals surface area contributed by atoms with Gasteiger partial charge in [-0.05, 0) is 30.5 Å². The fourth-order valence-corrected chi connectivity index (χ4v) is 3.95. The highest BCUT2D eigenvalue weighted by molar-refractivity contribution is 5.93. The van der Waals surface area contributed by atoms with Gasteiger partial charge in [0.25, 0.3) is 5.91 Å². The standard InChI is InChI=1S/C23H26FN5O3/c1-3-4-18-11-20(27-32-18)23(31)29-13-16-12-28(2)26-21(16)19(14-29)22(30)25-10-9-15-5-7-17(24)8-6-15/h5-8,11-12,19H,3-4,9-10,13-14H2,1-2H3,(H,25,30)/t19-/m1/s1. The molecule has 2 amide bonds. The molecule has 0 aliphatic carbocycles. The van der Waals surface area contributed by atoms with E-state index >= 15 is 0 Å². The van der Waals surface area contributed by atoms with Crippen LogP contribution >= 0.6 is 0 Å². The van der Waals surface area contributed by atoms with E-state index in [1.165, 1.54) is 12.1 Å². The van der Waals surface area contributed by atoms with E-state index in [0.29, 0.717) is 37.4 Å². The Morgan fingerprint density at radius 2 is 2.03 bits per heavy atom. The van der Waals surface area contributed by atoms with Crippen molar-refractivity contribution < 1.29 is 18.5 Å². The number of amides is 2. The zero-order valence-corrected chi connectivity index (χ0v) is 18.2. The first-order valence-corrected chi connectivity index (χ1v) is 10.7. The summed E-state index contributed by atoms with van der Waals surface area (Å²) in [7, 11) is 1.79. The van der Waals surface area contributed by atoms with E-state index in [1.54, 1.807) is 34.8 Å². The average molecular weight is 439 g/mol. The Bertz CT molecular complexity index is 1110. The molecule has 1 aliphatic heterocycles. The maximum absolute atomic E-state index is 13.1. The van der Waals surface area contributed by atoms with E-state index in [4.69, 9.17) is 4.52 Å². The van der Waals surface area contributed by atoms with Crippen LogP contribution in [0.4, 0.5) is 4.39 Å². The van der Waals surface area contributed by atoms with Gasteiger partial charge in [-0.15, -0.1) is 0 Å². The normalized spacial score (nSPS) is 15.5. The van der Waals surface area contributed by atoms with Crippen LogP contribution in [0.2, 0.25) is 0 Å². The predicted octanol–water partition coefficient (Wildman–Crippen LogP) is 2.60. The zero-order chi connectivity index (χ0) is 22.7. The molecule has 1 N–H and O–H groups in total. The van der Waals surface area contributed by atoms with Gasteiger partial charge in [0.2, 0.25) is 5.91 Å². The number of fused-ring (bicyclic) bond motifs is 1. The fourth-order valence-electron chi connectivity index (χ4n) is 3.95. The van der Waals surface area contributed by atoms with Crippen molar-refractivity contribution >= 4 is 11.8 Å². The lowest BCUT2D eigenvalue weighted by Crippen LogP contribution is -2.44. The molecule has 168 valence electrons. The van der Waals surface area contributed by atoms with Crippen LogP contribution in [-0.2, 0) is 31.2 Å².